The van der Waals surface area contributed by atoms with Gasteiger partial charge in [-0.3, -0.25) is 29.0 Å². The van der Waals surface area contributed by atoms with E-state index in [-0.39, 0.29) is 24.9 Å². The number of unbranched alkanes of at least 4 members (excludes halogenated alkanes) is 1. The van der Waals surface area contributed by atoms with E-state index in [1.54, 1.807) is 69.1 Å². The van der Waals surface area contributed by atoms with Crippen LogP contribution in [-0.2, 0) is 64.0 Å². The van der Waals surface area contributed by atoms with E-state index in [2.05, 4.69) is 30.2 Å². The van der Waals surface area contributed by atoms with Crippen LogP contribution in [0, 0.1) is 23.7 Å². The quantitative estimate of drug-likeness (QED) is 0.0465. The predicted octanol–water partition coefficient (Wildman–Crippen LogP) is 5.75. The molecule has 0 aromatic carbocycles. The fourth-order valence-corrected chi connectivity index (χ4v) is 11.3. The molecule has 0 radical (unpaired) electrons. The van der Waals surface area contributed by atoms with Crippen LogP contribution in [0.5, 0.6) is 0 Å². The lowest BCUT2D eigenvalue weighted by atomic mass is 9.74. The topological polar surface area (TPSA) is 215 Å². The van der Waals surface area contributed by atoms with Gasteiger partial charge in [-0.1, -0.05) is 32.1 Å². The van der Waals surface area contributed by atoms with Gasteiger partial charge in [0.1, 0.15) is 17.8 Å². The highest BCUT2D eigenvalue weighted by Crippen LogP contribution is 2.44. The molecular weight excluding hydrogens is 1030 g/mol. The van der Waals surface area contributed by atoms with E-state index in [0.29, 0.717) is 45.3 Å². The summed E-state index contributed by atoms with van der Waals surface area (Å²) in [6.45, 7) is 14.2. The summed E-state index contributed by atoms with van der Waals surface area (Å²) in [4.78, 5) is 74.1. The first-order valence-corrected chi connectivity index (χ1v) is 25.9. The van der Waals surface area contributed by atoms with Gasteiger partial charge in [-0.25, -0.2) is 9.78 Å². The van der Waals surface area contributed by atoms with Crippen LogP contribution in [0.1, 0.15) is 85.5 Å². The zero-order valence-corrected chi connectivity index (χ0v) is 44.5. The summed E-state index contributed by atoms with van der Waals surface area (Å²) in [5.41, 5.74) is 0.717. The van der Waals surface area contributed by atoms with E-state index < -0.39 is 87.4 Å². The van der Waals surface area contributed by atoms with Gasteiger partial charge in [-0.05, 0) is 107 Å². The van der Waals surface area contributed by atoms with Crippen molar-refractivity contribution in [1.29, 1.82) is 0 Å². The van der Waals surface area contributed by atoms with Crippen molar-refractivity contribution in [2.45, 2.75) is 152 Å². The minimum atomic E-state index is -1.45. The fraction of sp³-hybridized carbons (Fsp3) is 0.627. The number of aryl methyl sites for hydroxylation is 3. The second-order valence-corrected chi connectivity index (χ2v) is 21.2. The highest BCUT2D eigenvalue weighted by molar-refractivity contribution is 14.1. The van der Waals surface area contributed by atoms with Crippen molar-refractivity contribution in [3.05, 3.63) is 79.0 Å². The predicted molar refractivity (Wildman–Crippen MR) is 269 cm³/mol. The smallest absolute Gasteiger partial charge is 0.410 e. The number of cyclic esters (lactones) is 1. The Morgan fingerprint density at radius 1 is 0.915 bits per heavy atom. The number of aliphatic hydroxyl groups excluding tert-OH is 1. The fourth-order valence-electron chi connectivity index (χ4n) is 10.5. The van der Waals surface area contributed by atoms with E-state index >= 15 is 0 Å². The summed E-state index contributed by atoms with van der Waals surface area (Å²) in [5.74, 6) is -5.23. The van der Waals surface area contributed by atoms with Crippen molar-refractivity contribution in [2.75, 3.05) is 27.2 Å². The number of amides is 1. The number of carbonyl (C=O) groups excluding carboxylic acids is 4. The molecule has 4 aromatic rings. The maximum Gasteiger partial charge on any atom is 0.410 e. The Labute approximate surface area is 429 Å². The first-order valence-electron chi connectivity index (χ1n) is 24.7. The Morgan fingerprint density at radius 3 is 2.41 bits per heavy atom. The number of pyridine rings is 2. The number of likely N-dealkylation sites (N-methyl/N-ethyl adjacent to an activating group) is 1. The van der Waals surface area contributed by atoms with Crippen LogP contribution < -0.4 is 0 Å². The number of fused-ring (bicyclic) bond motifs is 1. The monoisotopic (exact) mass is 1100 g/mol. The average Bonchev–Trinajstić information content (AvgIpc) is 4.10. The summed E-state index contributed by atoms with van der Waals surface area (Å²) in [5, 5.41) is 20.7. The Morgan fingerprint density at radius 2 is 1.69 bits per heavy atom. The number of rotatable bonds is 16. The summed E-state index contributed by atoms with van der Waals surface area (Å²) < 4.78 is 34.3. The number of imidazole rings is 1. The third-order valence-electron chi connectivity index (χ3n) is 14.8. The molecule has 4 aromatic heterocycles. The molecule has 0 unspecified atom stereocenters. The Kier molecular flexibility index (Phi) is 17.8. The Bertz CT molecular complexity index is 2430. The molecule has 0 spiro atoms. The van der Waals surface area contributed by atoms with E-state index in [0.717, 1.165) is 29.1 Å². The number of aromatic nitrogens is 7. The van der Waals surface area contributed by atoms with Gasteiger partial charge in [0.05, 0.1) is 41.6 Å². The van der Waals surface area contributed by atoms with Gasteiger partial charge in [-0.2, -0.15) is 0 Å². The van der Waals surface area contributed by atoms with E-state index in [1.165, 1.54) is 14.0 Å². The molecule has 7 heterocycles. The molecule has 386 valence electrons. The van der Waals surface area contributed by atoms with E-state index in [4.69, 9.17) is 23.7 Å². The number of aliphatic hydroxyl groups is 1. The summed E-state index contributed by atoms with van der Waals surface area (Å²) in [6.07, 6.45) is 9.62. The average molecular weight is 1100 g/mol. The molecule has 3 fully saturated rings. The molecule has 13 atom stereocenters. The first kappa shape index (κ1) is 54.0. The van der Waals surface area contributed by atoms with Crippen molar-refractivity contribution < 1.29 is 48.0 Å². The SMILES string of the molecule is CO[C@]1(C)C[C@@H](C)C(=O)[C@H](C)[C@H]2N(CCCCn3cnc(-c4cccnc4)c3)C(=O)O[C@]2(C)[C@@H](I)OC(=O)[C@H](C)C(=O)[C@H](C)[C@H]1O[C@@H]1O[C@H](C)C[C@H](N(C)CCc2cn(CCc3ccccn3)nn2)[C@H]1O. The number of hydrogen-bond donors (Lipinski definition) is 1. The van der Waals surface area contributed by atoms with Crippen molar-refractivity contribution in [2.24, 2.45) is 23.7 Å². The molecule has 1 amide bonds. The van der Waals surface area contributed by atoms with Crippen molar-refractivity contribution in [3.8, 4) is 11.3 Å². The second-order valence-electron chi connectivity index (χ2n) is 20.1. The van der Waals surface area contributed by atoms with Crippen LogP contribution in [0.25, 0.3) is 11.3 Å². The van der Waals surface area contributed by atoms with Gasteiger partial charge in [0, 0.05) is 112 Å². The molecular formula is C51H70IN9O10. The van der Waals surface area contributed by atoms with Gasteiger partial charge < -0.3 is 43.2 Å². The van der Waals surface area contributed by atoms with Crippen LogP contribution in [0.3, 0.4) is 0 Å². The molecule has 19 nitrogen and oxygen atoms in total. The summed E-state index contributed by atoms with van der Waals surface area (Å²) >= 11 is 1.93. The minimum absolute atomic E-state index is 0.0931. The summed E-state index contributed by atoms with van der Waals surface area (Å²) in [7, 11) is 3.42. The molecule has 3 aliphatic rings. The number of nitrogens with zero attached hydrogens (tertiary/aromatic N) is 9. The highest BCUT2D eigenvalue weighted by atomic mass is 127. The molecule has 3 saturated heterocycles. The van der Waals surface area contributed by atoms with E-state index in [1.807, 2.05) is 83.9 Å². The van der Waals surface area contributed by atoms with Crippen molar-refractivity contribution >= 4 is 46.2 Å². The lowest BCUT2D eigenvalue weighted by molar-refractivity contribution is -0.296. The van der Waals surface area contributed by atoms with Gasteiger partial charge in [0.15, 0.2) is 21.8 Å². The largest absolute Gasteiger partial charge is 0.447 e. The molecule has 20 heteroatoms. The van der Waals surface area contributed by atoms with Crippen molar-refractivity contribution in [1.82, 2.24) is 44.3 Å². The standard InChI is InChI=1S/C51H70IN9O10/c1-31-26-50(6,67-9)45(69-47-43(64)40(25-32(2)68-47)58(8)23-17-38-28-60(57-56-38)24-18-37-16-10-11-20-54-37)34(4)42(63)35(5)46(65)70-48(52)51(7)44(33(3)41(31)62)61(49(66)71-51)22-13-12-21-59-29-39(55-30-59)36-15-14-19-53-27-36/h10-11,14-16,19-20,27-35,40,43-45,47-48,64H,12-13,17-18,21-26H2,1-9H3/t31-,32-,33+,34+,35-,40+,43-,44-,45-,47+,48+,50-,51+/m1/s1. The Hall–Kier alpha value is -4.74. The number of ether oxygens (including phenoxy) is 5. The number of Topliss-reactive ketones (excluding diaryl/α,β-unsaturated/α-hetero) is 2. The van der Waals surface area contributed by atoms with Crippen LogP contribution in [0.2, 0.25) is 0 Å². The van der Waals surface area contributed by atoms with Gasteiger partial charge >= 0.3 is 12.1 Å². The van der Waals surface area contributed by atoms with Crippen LogP contribution in [0.15, 0.2) is 67.6 Å². The number of alkyl halides is 1. The number of methoxy groups -OCH3 is 1. The molecule has 0 aliphatic carbocycles. The third kappa shape index (κ3) is 12.4. The molecule has 1 N–H and O–H groups in total. The van der Waals surface area contributed by atoms with Crippen LogP contribution in [0.4, 0.5) is 4.79 Å². The zero-order chi connectivity index (χ0) is 51.2. The van der Waals surface area contributed by atoms with E-state index in [9.17, 15) is 24.3 Å². The van der Waals surface area contributed by atoms with Gasteiger partial charge in [0.2, 0.25) is 0 Å². The van der Waals surface area contributed by atoms with Crippen molar-refractivity contribution in [3.63, 3.8) is 0 Å². The molecule has 71 heavy (non-hydrogen) atoms. The van der Waals surface area contributed by atoms with Crippen LogP contribution >= 0.6 is 22.6 Å². The maximum absolute atomic E-state index is 14.9. The Balaban J connectivity index is 1.06. The lowest BCUT2D eigenvalue weighted by Gasteiger charge is -2.47. The number of hydrogen-bond acceptors (Lipinski definition) is 16. The van der Waals surface area contributed by atoms with Gasteiger partial charge in [-0.15, -0.1) is 5.10 Å². The number of carbonyl (C=O) groups is 4. The minimum Gasteiger partial charge on any atom is -0.447 e. The second kappa shape index (κ2) is 23.4. The molecule has 0 bridgehead atoms. The first-order chi connectivity index (χ1) is 33.8. The lowest BCUT2D eigenvalue weighted by Crippen LogP contribution is -2.60. The van der Waals surface area contributed by atoms with Crippen LogP contribution in [-0.4, -0.2) is 152 Å². The maximum atomic E-state index is 14.9. The molecule has 7 rings (SSSR count). The zero-order valence-electron chi connectivity index (χ0n) is 42.3. The van der Waals surface area contributed by atoms with Gasteiger partial charge in [0.25, 0.3) is 0 Å². The highest BCUT2D eigenvalue weighted by Gasteiger charge is 2.60. The summed E-state index contributed by atoms with van der Waals surface area (Å²) in [6, 6.07) is 8.40. The number of halogens is 1. The molecule has 3 aliphatic heterocycles. The molecule has 0 saturated carbocycles. The number of ketones is 2. The third-order valence-corrected chi connectivity index (χ3v) is 16.2. The normalized spacial score (nSPS) is 32.1. The number of esters is 1.